The highest BCUT2D eigenvalue weighted by atomic mass is 19.1. The van der Waals surface area contributed by atoms with Crippen LogP contribution in [-0.4, -0.2) is 0 Å². The Morgan fingerprint density at radius 1 is 1.31 bits per heavy atom. The van der Waals surface area contributed by atoms with Crippen LogP contribution in [0.15, 0.2) is 12.1 Å². The maximum atomic E-state index is 13.6. The van der Waals surface area contributed by atoms with E-state index >= 15 is 0 Å². The van der Waals surface area contributed by atoms with Gasteiger partial charge in [-0.25, -0.2) is 4.39 Å². The van der Waals surface area contributed by atoms with Crippen LogP contribution in [0.2, 0.25) is 0 Å². The molecule has 0 unspecified atom stereocenters. The van der Waals surface area contributed by atoms with Gasteiger partial charge in [0.05, 0.1) is 0 Å². The first kappa shape index (κ1) is 9.99. The summed E-state index contributed by atoms with van der Waals surface area (Å²) in [6.07, 6.45) is 0. The average Bonchev–Trinajstić information content (AvgIpc) is 1.98. The molecule has 2 nitrogen and oxygen atoms in total. The van der Waals surface area contributed by atoms with E-state index in [-0.39, 0.29) is 5.82 Å². The lowest BCUT2D eigenvalue weighted by atomic mass is 9.93. The third kappa shape index (κ3) is 1.80. The van der Waals surface area contributed by atoms with E-state index in [9.17, 15) is 4.39 Å². The first-order valence-corrected chi connectivity index (χ1v) is 4.18. The summed E-state index contributed by atoms with van der Waals surface area (Å²) in [5, 5.41) is 0. The van der Waals surface area contributed by atoms with E-state index in [1.54, 1.807) is 32.9 Å². The maximum Gasteiger partial charge on any atom is 0.133 e. The Hall–Kier alpha value is -1.09. The van der Waals surface area contributed by atoms with Crippen molar-refractivity contribution in [2.24, 2.45) is 5.73 Å². The van der Waals surface area contributed by atoms with Crippen molar-refractivity contribution >= 4 is 5.69 Å². The van der Waals surface area contributed by atoms with Gasteiger partial charge in [-0.2, -0.15) is 0 Å². The van der Waals surface area contributed by atoms with Gasteiger partial charge in [-0.3, -0.25) is 0 Å². The van der Waals surface area contributed by atoms with Gasteiger partial charge in [0.25, 0.3) is 0 Å². The summed E-state index contributed by atoms with van der Waals surface area (Å²) in [4.78, 5) is 0. The van der Waals surface area contributed by atoms with Gasteiger partial charge in [0, 0.05) is 22.4 Å². The third-order valence-corrected chi connectivity index (χ3v) is 2.12. The van der Waals surface area contributed by atoms with E-state index in [0.717, 1.165) is 0 Å². The summed E-state index contributed by atoms with van der Waals surface area (Å²) in [7, 11) is 0. The minimum Gasteiger partial charge on any atom is -0.398 e. The van der Waals surface area contributed by atoms with Gasteiger partial charge in [0.15, 0.2) is 0 Å². The summed E-state index contributed by atoms with van der Waals surface area (Å²) in [6.45, 7) is 5.18. The van der Waals surface area contributed by atoms with Crippen molar-refractivity contribution in [1.29, 1.82) is 0 Å². The summed E-state index contributed by atoms with van der Waals surface area (Å²) < 4.78 is 13.6. The maximum absolute atomic E-state index is 13.6. The number of hydrogen-bond acceptors (Lipinski definition) is 2. The second kappa shape index (κ2) is 3.00. The molecular weight excluding hydrogens is 167 g/mol. The molecular formula is C10H15FN2. The van der Waals surface area contributed by atoms with Crippen LogP contribution in [-0.2, 0) is 5.54 Å². The van der Waals surface area contributed by atoms with Gasteiger partial charge >= 0.3 is 0 Å². The first-order chi connectivity index (χ1) is 5.84. The van der Waals surface area contributed by atoms with Crippen LogP contribution in [0.5, 0.6) is 0 Å². The minimum absolute atomic E-state index is 0.299. The molecule has 1 aromatic carbocycles. The first-order valence-electron chi connectivity index (χ1n) is 4.18. The van der Waals surface area contributed by atoms with Crippen molar-refractivity contribution in [2.75, 3.05) is 5.73 Å². The monoisotopic (exact) mass is 182 g/mol. The van der Waals surface area contributed by atoms with E-state index in [1.165, 1.54) is 0 Å². The predicted molar refractivity (Wildman–Crippen MR) is 52.8 cm³/mol. The standard InChI is InChI=1S/C10H15FN2/c1-6-8(12)5-4-7(9(6)11)10(2,3)13/h4-5H,12-13H2,1-3H3. The molecule has 1 rings (SSSR count). The minimum atomic E-state index is -0.664. The van der Waals surface area contributed by atoms with Gasteiger partial charge in [-0.15, -0.1) is 0 Å². The number of anilines is 1. The fraction of sp³-hybridized carbons (Fsp3) is 0.400. The molecule has 3 heteroatoms. The van der Waals surface area contributed by atoms with Gasteiger partial charge in [0.1, 0.15) is 5.82 Å². The molecule has 0 aromatic heterocycles. The molecule has 4 N–H and O–H groups in total. The van der Waals surface area contributed by atoms with Crippen molar-refractivity contribution < 1.29 is 4.39 Å². The van der Waals surface area contributed by atoms with Crippen molar-refractivity contribution in [3.63, 3.8) is 0 Å². The number of hydrogen-bond donors (Lipinski definition) is 2. The summed E-state index contributed by atoms with van der Waals surface area (Å²) >= 11 is 0. The quantitative estimate of drug-likeness (QED) is 0.652. The van der Waals surface area contributed by atoms with Crippen molar-refractivity contribution in [3.8, 4) is 0 Å². The van der Waals surface area contributed by atoms with Crippen LogP contribution in [0.4, 0.5) is 10.1 Å². The Bertz CT molecular complexity index is 326. The third-order valence-electron chi connectivity index (χ3n) is 2.12. The Labute approximate surface area is 77.7 Å². The van der Waals surface area contributed by atoms with Gasteiger partial charge in [0.2, 0.25) is 0 Å². The topological polar surface area (TPSA) is 52.0 Å². The van der Waals surface area contributed by atoms with Crippen LogP contribution in [0.25, 0.3) is 0 Å². The number of nitrogens with two attached hydrogens (primary N) is 2. The van der Waals surface area contributed by atoms with Gasteiger partial charge in [-0.1, -0.05) is 6.07 Å². The molecule has 0 aliphatic carbocycles. The Morgan fingerprint density at radius 2 is 1.85 bits per heavy atom. The number of benzene rings is 1. The van der Waals surface area contributed by atoms with E-state index in [4.69, 9.17) is 11.5 Å². The van der Waals surface area contributed by atoms with E-state index in [2.05, 4.69) is 0 Å². The zero-order valence-electron chi connectivity index (χ0n) is 8.19. The fourth-order valence-electron chi connectivity index (χ4n) is 1.20. The molecule has 0 heterocycles. The molecule has 1 aromatic rings. The van der Waals surface area contributed by atoms with Crippen LogP contribution in [0.1, 0.15) is 25.0 Å². The Kier molecular flexibility index (Phi) is 2.30. The predicted octanol–water partition coefficient (Wildman–Crippen LogP) is 1.91. The molecule has 0 spiro atoms. The molecule has 0 fully saturated rings. The number of nitrogen functional groups attached to an aromatic ring is 1. The molecule has 0 aliphatic rings. The lowest BCUT2D eigenvalue weighted by Crippen LogP contribution is -2.30. The molecule has 0 bridgehead atoms. The molecule has 0 aliphatic heterocycles. The Morgan fingerprint density at radius 3 is 2.31 bits per heavy atom. The van der Waals surface area contributed by atoms with Crippen LogP contribution in [0, 0.1) is 12.7 Å². The van der Waals surface area contributed by atoms with Crippen LogP contribution < -0.4 is 11.5 Å². The highest BCUT2D eigenvalue weighted by Gasteiger charge is 2.20. The second-order valence-electron chi connectivity index (χ2n) is 3.86. The lowest BCUT2D eigenvalue weighted by molar-refractivity contribution is 0.498. The second-order valence-corrected chi connectivity index (χ2v) is 3.86. The summed E-state index contributed by atoms with van der Waals surface area (Å²) in [6, 6.07) is 3.32. The molecule has 0 radical (unpaired) electrons. The molecule has 0 saturated heterocycles. The zero-order valence-corrected chi connectivity index (χ0v) is 8.19. The smallest absolute Gasteiger partial charge is 0.133 e. The summed E-state index contributed by atoms with van der Waals surface area (Å²) in [5.41, 5.74) is 12.1. The van der Waals surface area contributed by atoms with Crippen LogP contribution in [0.3, 0.4) is 0 Å². The normalized spacial score (nSPS) is 11.8. The van der Waals surface area contributed by atoms with E-state index in [0.29, 0.717) is 16.8 Å². The Balaban J connectivity index is 3.35. The molecule has 0 atom stereocenters. The largest absolute Gasteiger partial charge is 0.398 e. The van der Waals surface area contributed by atoms with Crippen molar-refractivity contribution in [3.05, 3.63) is 29.1 Å². The van der Waals surface area contributed by atoms with E-state index in [1.807, 2.05) is 0 Å². The highest BCUT2D eigenvalue weighted by Crippen LogP contribution is 2.25. The van der Waals surface area contributed by atoms with Crippen LogP contribution >= 0.6 is 0 Å². The number of rotatable bonds is 1. The van der Waals surface area contributed by atoms with Gasteiger partial charge in [-0.05, 0) is 26.8 Å². The fourth-order valence-corrected chi connectivity index (χ4v) is 1.20. The van der Waals surface area contributed by atoms with Gasteiger partial charge < -0.3 is 11.5 Å². The molecule has 13 heavy (non-hydrogen) atoms. The average molecular weight is 182 g/mol. The number of halogens is 1. The molecule has 0 saturated carbocycles. The summed E-state index contributed by atoms with van der Waals surface area (Å²) in [5.74, 6) is -0.299. The highest BCUT2D eigenvalue weighted by molar-refractivity contribution is 5.49. The van der Waals surface area contributed by atoms with Crippen molar-refractivity contribution in [2.45, 2.75) is 26.3 Å². The van der Waals surface area contributed by atoms with Crippen molar-refractivity contribution in [1.82, 2.24) is 0 Å². The molecule has 0 amide bonds. The van der Waals surface area contributed by atoms with E-state index < -0.39 is 5.54 Å². The molecule has 72 valence electrons. The lowest BCUT2D eigenvalue weighted by Gasteiger charge is -2.21. The SMILES string of the molecule is Cc1c(N)ccc(C(C)(C)N)c1F. The zero-order chi connectivity index (χ0) is 10.2.